The van der Waals surface area contributed by atoms with Crippen molar-refractivity contribution in [3.8, 4) is 11.4 Å². The largest absolute Gasteiger partial charge is 0.377 e. The van der Waals surface area contributed by atoms with E-state index in [-0.39, 0.29) is 11.9 Å². The first-order chi connectivity index (χ1) is 13.1. The molecule has 2 aromatic heterocycles. The molecule has 0 aliphatic rings. The van der Waals surface area contributed by atoms with Gasteiger partial charge in [-0.2, -0.15) is 5.10 Å². The quantitative estimate of drug-likeness (QED) is 0.636. The number of aromatic amines is 1. The van der Waals surface area contributed by atoms with Crippen LogP contribution in [0.2, 0.25) is 0 Å². The van der Waals surface area contributed by atoms with E-state index in [1.807, 2.05) is 53.4 Å². The van der Waals surface area contributed by atoms with Crippen molar-refractivity contribution in [2.75, 3.05) is 12.4 Å². The minimum Gasteiger partial charge on any atom is -0.377 e. The van der Waals surface area contributed by atoms with E-state index in [0.29, 0.717) is 24.2 Å². The third-order valence-electron chi connectivity index (χ3n) is 4.19. The first-order valence-electron chi connectivity index (χ1n) is 9.00. The van der Waals surface area contributed by atoms with Crippen molar-refractivity contribution in [3.05, 3.63) is 54.6 Å². The summed E-state index contributed by atoms with van der Waals surface area (Å²) in [6.45, 7) is 4.60. The molecular weight excluding hydrogens is 342 g/mol. The summed E-state index contributed by atoms with van der Waals surface area (Å²) in [5, 5.41) is 10.1. The number of benzene rings is 1. The minimum absolute atomic E-state index is 0.0351. The number of methoxy groups -OCH3 is 1. The Labute approximate surface area is 158 Å². The van der Waals surface area contributed by atoms with Gasteiger partial charge in [0.15, 0.2) is 11.6 Å². The van der Waals surface area contributed by atoms with E-state index < -0.39 is 0 Å². The molecule has 2 N–H and O–H groups in total. The Morgan fingerprint density at radius 3 is 2.74 bits per heavy atom. The SMILES string of the molecule is COCc1nc(-c2cccc(NC(=O)C(CC(C)C)n3cccc3)c2)n[nH]1. The van der Waals surface area contributed by atoms with Gasteiger partial charge in [0.1, 0.15) is 12.6 Å². The lowest BCUT2D eigenvalue weighted by atomic mass is 10.0. The molecule has 3 rings (SSSR count). The van der Waals surface area contributed by atoms with Crippen LogP contribution in [0.1, 0.15) is 32.1 Å². The van der Waals surface area contributed by atoms with Crippen molar-refractivity contribution in [3.63, 3.8) is 0 Å². The standard InChI is InChI=1S/C20H25N5O2/c1-14(2)11-17(25-9-4-5-10-25)20(26)21-16-8-6-7-15(12-16)19-22-18(13-27-3)23-24-19/h4-10,12,14,17H,11,13H2,1-3H3,(H,21,26)(H,22,23,24). The molecule has 0 saturated carbocycles. The molecule has 0 aliphatic heterocycles. The summed E-state index contributed by atoms with van der Waals surface area (Å²) in [5.41, 5.74) is 1.55. The van der Waals surface area contributed by atoms with Crippen LogP contribution in [0.25, 0.3) is 11.4 Å². The summed E-state index contributed by atoms with van der Waals surface area (Å²) < 4.78 is 7.00. The molecular formula is C20H25N5O2. The molecule has 0 fully saturated rings. The number of nitrogens with one attached hydrogen (secondary N) is 2. The van der Waals surface area contributed by atoms with Gasteiger partial charge in [-0.05, 0) is 36.6 Å². The van der Waals surface area contributed by atoms with Gasteiger partial charge >= 0.3 is 0 Å². The predicted molar refractivity (Wildman–Crippen MR) is 104 cm³/mol. The van der Waals surface area contributed by atoms with Crippen molar-refractivity contribution in [1.82, 2.24) is 19.7 Å². The van der Waals surface area contributed by atoms with Gasteiger partial charge < -0.3 is 14.6 Å². The van der Waals surface area contributed by atoms with Crippen molar-refractivity contribution in [2.45, 2.75) is 32.9 Å². The highest BCUT2D eigenvalue weighted by molar-refractivity contribution is 5.94. The van der Waals surface area contributed by atoms with Gasteiger partial charge in [-0.15, -0.1) is 0 Å². The van der Waals surface area contributed by atoms with Gasteiger partial charge in [-0.3, -0.25) is 9.89 Å². The van der Waals surface area contributed by atoms with Gasteiger partial charge in [0.05, 0.1) is 0 Å². The number of hydrogen-bond acceptors (Lipinski definition) is 4. The van der Waals surface area contributed by atoms with Crippen LogP contribution < -0.4 is 5.32 Å². The molecule has 1 aromatic carbocycles. The van der Waals surface area contributed by atoms with E-state index in [2.05, 4.69) is 34.3 Å². The zero-order valence-corrected chi connectivity index (χ0v) is 15.8. The second-order valence-electron chi connectivity index (χ2n) is 6.88. The predicted octanol–water partition coefficient (Wildman–Crippen LogP) is 3.65. The molecule has 3 aromatic rings. The summed E-state index contributed by atoms with van der Waals surface area (Å²) in [5.74, 6) is 1.60. The van der Waals surface area contributed by atoms with Crippen LogP contribution in [-0.4, -0.2) is 32.8 Å². The highest BCUT2D eigenvalue weighted by atomic mass is 16.5. The number of nitrogens with zero attached hydrogens (tertiary/aromatic N) is 3. The lowest BCUT2D eigenvalue weighted by molar-refractivity contribution is -0.119. The molecule has 1 atom stereocenters. The Bertz CT molecular complexity index is 870. The highest BCUT2D eigenvalue weighted by Crippen LogP contribution is 2.23. The average molecular weight is 367 g/mol. The lowest BCUT2D eigenvalue weighted by Crippen LogP contribution is -2.26. The van der Waals surface area contributed by atoms with Crippen molar-refractivity contribution < 1.29 is 9.53 Å². The Balaban J connectivity index is 1.77. The van der Waals surface area contributed by atoms with E-state index in [4.69, 9.17) is 4.74 Å². The summed E-state index contributed by atoms with van der Waals surface area (Å²) in [6, 6.07) is 11.1. The van der Waals surface area contributed by atoms with Gasteiger partial charge in [-0.25, -0.2) is 4.98 Å². The number of carbonyl (C=O) groups excluding carboxylic acids is 1. The first-order valence-corrected chi connectivity index (χ1v) is 9.00. The van der Waals surface area contributed by atoms with Crippen LogP contribution in [0.3, 0.4) is 0 Å². The van der Waals surface area contributed by atoms with Crippen LogP contribution in [0.15, 0.2) is 48.8 Å². The molecule has 27 heavy (non-hydrogen) atoms. The molecule has 0 saturated heterocycles. The second-order valence-corrected chi connectivity index (χ2v) is 6.88. The van der Waals surface area contributed by atoms with Gasteiger partial charge in [0.2, 0.25) is 5.91 Å². The number of rotatable bonds is 8. The summed E-state index contributed by atoms with van der Waals surface area (Å²) in [4.78, 5) is 17.3. The van der Waals surface area contributed by atoms with Gasteiger partial charge in [0, 0.05) is 30.8 Å². The van der Waals surface area contributed by atoms with E-state index in [1.54, 1.807) is 7.11 Å². The fourth-order valence-corrected chi connectivity index (χ4v) is 2.95. The molecule has 0 radical (unpaired) electrons. The number of anilines is 1. The Hall–Kier alpha value is -2.93. The van der Waals surface area contributed by atoms with E-state index in [1.165, 1.54) is 0 Å². The van der Waals surface area contributed by atoms with E-state index in [0.717, 1.165) is 17.7 Å². The summed E-state index contributed by atoms with van der Waals surface area (Å²) in [7, 11) is 1.61. The Morgan fingerprint density at radius 2 is 2.04 bits per heavy atom. The van der Waals surface area contributed by atoms with Crippen molar-refractivity contribution in [2.24, 2.45) is 5.92 Å². The van der Waals surface area contributed by atoms with E-state index >= 15 is 0 Å². The smallest absolute Gasteiger partial charge is 0.247 e. The maximum absolute atomic E-state index is 12.9. The Kier molecular flexibility index (Phi) is 6.03. The molecule has 1 amide bonds. The maximum atomic E-state index is 12.9. The van der Waals surface area contributed by atoms with Crippen LogP contribution in [0.5, 0.6) is 0 Å². The normalized spacial score (nSPS) is 12.3. The van der Waals surface area contributed by atoms with Gasteiger partial charge in [-0.1, -0.05) is 26.0 Å². The monoisotopic (exact) mass is 367 g/mol. The third-order valence-corrected chi connectivity index (χ3v) is 4.19. The van der Waals surface area contributed by atoms with Crippen LogP contribution in [0.4, 0.5) is 5.69 Å². The first kappa shape index (κ1) is 18.8. The third kappa shape index (κ3) is 4.83. The number of aromatic nitrogens is 4. The van der Waals surface area contributed by atoms with Crippen LogP contribution in [0, 0.1) is 5.92 Å². The molecule has 1 unspecified atom stereocenters. The van der Waals surface area contributed by atoms with Gasteiger partial charge in [0.25, 0.3) is 0 Å². The second kappa shape index (κ2) is 8.64. The number of H-pyrrole nitrogens is 1. The van der Waals surface area contributed by atoms with Crippen LogP contribution in [-0.2, 0) is 16.1 Å². The number of amides is 1. The van der Waals surface area contributed by atoms with E-state index in [9.17, 15) is 4.79 Å². The molecule has 0 bridgehead atoms. The Morgan fingerprint density at radius 1 is 1.26 bits per heavy atom. The fourth-order valence-electron chi connectivity index (χ4n) is 2.95. The molecule has 2 heterocycles. The van der Waals surface area contributed by atoms with Crippen LogP contribution >= 0.6 is 0 Å². The van der Waals surface area contributed by atoms with Crippen molar-refractivity contribution in [1.29, 1.82) is 0 Å². The topological polar surface area (TPSA) is 84.8 Å². The highest BCUT2D eigenvalue weighted by Gasteiger charge is 2.21. The fraction of sp³-hybridized carbons (Fsp3) is 0.350. The molecule has 0 aliphatic carbocycles. The molecule has 7 nitrogen and oxygen atoms in total. The molecule has 7 heteroatoms. The lowest BCUT2D eigenvalue weighted by Gasteiger charge is -2.20. The minimum atomic E-state index is -0.250. The summed E-state index contributed by atoms with van der Waals surface area (Å²) >= 11 is 0. The maximum Gasteiger partial charge on any atom is 0.247 e. The van der Waals surface area contributed by atoms with Crippen molar-refractivity contribution >= 4 is 11.6 Å². The summed E-state index contributed by atoms with van der Waals surface area (Å²) in [6.07, 6.45) is 4.61. The number of hydrogen-bond donors (Lipinski definition) is 2. The molecule has 0 spiro atoms. The molecule has 142 valence electrons. The number of ether oxygens (including phenoxy) is 1. The zero-order valence-electron chi connectivity index (χ0n) is 15.8. The average Bonchev–Trinajstić information content (AvgIpc) is 3.32. The number of carbonyl (C=O) groups is 1. The zero-order chi connectivity index (χ0) is 19.2.